The van der Waals surface area contributed by atoms with Gasteiger partial charge in [-0.05, 0) is 30.5 Å². The number of piperidine rings is 1. The number of hydrogen-bond acceptors (Lipinski definition) is 5. The van der Waals surface area contributed by atoms with E-state index in [0.717, 1.165) is 18.4 Å². The summed E-state index contributed by atoms with van der Waals surface area (Å²) < 4.78 is 0. The van der Waals surface area contributed by atoms with Crippen LogP contribution in [-0.4, -0.2) is 40.7 Å². The molecule has 29 heavy (non-hydrogen) atoms. The molecule has 3 rings (SSSR count). The Labute approximate surface area is 178 Å². The number of anilines is 1. The Balaban J connectivity index is 1.63. The third-order valence-electron chi connectivity index (χ3n) is 4.84. The molecule has 2 N–H and O–H groups in total. The first kappa shape index (κ1) is 21.3. The molecule has 0 radical (unpaired) electrons. The third kappa shape index (κ3) is 6.01. The van der Waals surface area contributed by atoms with Crippen molar-refractivity contribution in [1.29, 1.82) is 0 Å². The predicted molar refractivity (Wildman–Crippen MR) is 113 cm³/mol. The second kappa shape index (κ2) is 9.84. The maximum absolute atomic E-state index is 12.9. The summed E-state index contributed by atoms with van der Waals surface area (Å²) in [6.07, 6.45) is 3.25. The zero-order valence-electron chi connectivity index (χ0n) is 16.1. The van der Waals surface area contributed by atoms with Crippen LogP contribution in [0.3, 0.4) is 0 Å². The summed E-state index contributed by atoms with van der Waals surface area (Å²) in [5.41, 5.74) is 0.813. The van der Waals surface area contributed by atoms with E-state index in [1.54, 1.807) is 40.7 Å². The molecule has 1 aliphatic heterocycles. The van der Waals surface area contributed by atoms with Gasteiger partial charge in [-0.2, -0.15) is 0 Å². The van der Waals surface area contributed by atoms with Crippen LogP contribution >= 0.6 is 22.9 Å². The van der Waals surface area contributed by atoms with E-state index in [-0.39, 0.29) is 30.1 Å². The Bertz CT molecular complexity index is 857. The van der Waals surface area contributed by atoms with Gasteiger partial charge in [0, 0.05) is 36.6 Å². The molecule has 9 heteroatoms. The Morgan fingerprint density at radius 3 is 2.72 bits per heavy atom. The third-order valence-corrected chi connectivity index (χ3v) is 5.78. The molecule has 1 aliphatic rings. The number of amides is 3. The predicted octanol–water partition coefficient (Wildman–Crippen LogP) is 3.24. The van der Waals surface area contributed by atoms with Crippen molar-refractivity contribution in [3.63, 3.8) is 0 Å². The first-order valence-corrected chi connectivity index (χ1v) is 10.7. The van der Waals surface area contributed by atoms with E-state index in [9.17, 15) is 14.4 Å². The van der Waals surface area contributed by atoms with Crippen molar-refractivity contribution < 1.29 is 14.4 Å². The molecule has 0 aliphatic carbocycles. The zero-order valence-corrected chi connectivity index (χ0v) is 17.6. The highest BCUT2D eigenvalue weighted by molar-refractivity contribution is 7.13. The molecular formula is C20H23ClN4O3S. The van der Waals surface area contributed by atoms with Crippen LogP contribution in [0, 0.1) is 5.92 Å². The lowest BCUT2D eigenvalue weighted by molar-refractivity contribution is -0.135. The highest BCUT2D eigenvalue weighted by atomic mass is 35.5. The van der Waals surface area contributed by atoms with Gasteiger partial charge in [0.15, 0.2) is 5.13 Å². The van der Waals surface area contributed by atoms with Gasteiger partial charge in [0.25, 0.3) is 0 Å². The van der Waals surface area contributed by atoms with Crippen LogP contribution in [-0.2, 0) is 14.4 Å². The molecule has 0 saturated carbocycles. The van der Waals surface area contributed by atoms with Gasteiger partial charge in [0.05, 0.1) is 18.4 Å². The van der Waals surface area contributed by atoms with E-state index in [1.165, 1.54) is 18.3 Å². The molecule has 1 aromatic heterocycles. The van der Waals surface area contributed by atoms with E-state index in [1.807, 2.05) is 0 Å². The van der Waals surface area contributed by atoms with E-state index in [0.29, 0.717) is 23.2 Å². The van der Waals surface area contributed by atoms with E-state index < -0.39 is 6.04 Å². The van der Waals surface area contributed by atoms with Gasteiger partial charge < -0.3 is 15.5 Å². The fourth-order valence-corrected chi connectivity index (χ4v) is 4.06. The Morgan fingerprint density at radius 2 is 2.07 bits per heavy atom. The number of likely N-dealkylation sites (tertiary alicyclic amines) is 1. The van der Waals surface area contributed by atoms with E-state index in [4.69, 9.17) is 11.6 Å². The van der Waals surface area contributed by atoms with Crippen LogP contribution in [0.15, 0.2) is 35.8 Å². The second-order valence-electron chi connectivity index (χ2n) is 7.01. The normalized spacial score (nSPS) is 17.4. The van der Waals surface area contributed by atoms with Crippen molar-refractivity contribution in [1.82, 2.24) is 15.2 Å². The Kier molecular flexibility index (Phi) is 7.22. The summed E-state index contributed by atoms with van der Waals surface area (Å²) in [4.78, 5) is 42.8. The van der Waals surface area contributed by atoms with Gasteiger partial charge in [0.2, 0.25) is 17.7 Å². The van der Waals surface area contributed by atoms with Crippen molar-refractivity contribution >= 4 is 45.8 Å². The van der Waals surface area contributed by atoms with Crippen LogP contribution < -0.4 is 10.6 Å². The SMILES string of the molecule is CC(=O)NC(CC(=O)N1CCCC(C(=O)Nc2nccs2)C1)c1ccc(Cl)cc1. The average molecular weight is 435 g/mol. The maximum Gasteiger partial charge on any atom is 0.231 e. The van der Waals surface area contributed by atoms with E-state index in [2.05, 4.69) is 15.6 Å². The molecule has 2 heterocycles. The second-order valence-corrected chi connectivity index (χ2v) is 8.35. The minimum Gasteiger partial charge on any atom is -0.349 e. The standard InChI is InChI=1S/C20H23ClN4O3S/c1-13(26)23-17(14-4-6-16(21)7-5-14)11-18(27)25-9-2-3-15(12-25)19(28)24-20-22-8-10-29-20/h4-8,10,15,17H,2-3,9,11-12H2,1H3,(H,23,26)(H,22,24,28). The fraction of sp³-hybridized carbons (Fsp3) is 0.400. The quantitative estimate of drug-likeness (QED) is 0.730. The summed E-state index contributed by atoms with van der Waals surface area (Å²) in [6.45, 7) is 2.39. The van der Waals surface area contributed by atoms with Crippen LogP contribution in [0.25, 0.3) is 0 Å². The number of carbonyl (C=O) groups excluding carboxylic acids is 3. The lowest BCUT2D eigenvalue weighted by Gasteiger charge is -2.33. The number of aromatic nitrogens is 1. The molecule has 7 nitrogen and oxygen atoms in total. The van der Waals surface area contributed by atoms with Crippen LogP contribution in [0.5, 0.6) is 0 Å². The molecule has 1 fully saturated rings. The van der Waals surface area contributed by atoms with E-state index >= 15 is 0 Å². The number of nitrogens with zero attached hydrogens (tertiary/aromatic N) is 2. The van der Waals surface area contributed by atoms with Gasteiger partial charge in [-0.25, -0.2) is 4.98 Å². The number of benzene rings is 1. The monoisotopic (exact) mass is 434 g/mol. The van der Waals surface area contributed by atoms with Gasteiger partial charge in [-0.15, -0.1) is 11.3 Å². The molecule has 1 saturated heterocycles. The van der Waals surface area contributed by atoms with Crippen molar-refractivity contribution in [2.45, 2.75) is 32.2 Å². The van der Waals surface area contributed by atoms with Crippen LogP contribution in [0.4, 0.5) is 5.13 Å². The number of halogens is 1. The van der Waals surface area contributed by atoms with Crippen LogP contribution in [0.2, 0.25) is 5.02 Å². The van der Waals surface area contributed by atoms with Gasteiger partial charge in [0.1, 0.15) is 0 Å². The lowest BCUT2D eigenvalue weighted by atomic mass is 9.96. The first-order valence-electron chi connectivity index (χ1n) is 9.43. The van der Waals surface area contributed by atoms with Gasteiger partial charge in [-0.1, -0.05) is 23.7 Å². The van der Waals surface area contributed by atoms with Crippen molar-refractivity contribution in [3.05, 3.63) is 46.4 Å². The molecule has 2 atom stereocenters. The fourth-order valence-electron chi connectivity index (χ4n) is 3.41. The lowest BCUT2D eigenvalue weighted by Crippen LogP contribution is -2.45. The molecule has 2 aromatic rings. The highest BCUT2D eigenvalue weighted by Gasteiger charge is 2.30. The molecule has 154 valence electrons. The molecule has 0 spiro atoms. The van der Waals surface area contributed by atoms with Gasteiger partial charge >= 0.3 is 0 Å². The number of nitrogens with one attached hydrogen (secondary N) is 2. The number of thiazole rings is 1. The molecule has 0 bridgehead atoms. The number of hydrogen-bond donors (Lipinski definition) is 2. The Hall–Kier alpha value is -2.45. The summed E-state index contributed by atoms with van der Waals surface area (Å²) in [7, 11) is 0. The molecule has 2 unspecified atom stereocenters. The minimum atomic E-state index is -0.443. The van der Waals surface area contributed by atoms with Gasteiger partial charge in [-0.3, -0.25) is 14.4 Å². The number of rotatable bonds is 6. The van der Waals surface area contributed by atoms with Crippen molar-refractivity contribution in [3.8, 4) is 0 Å². The largest absolute Gasteiger partial charge is 0.349 e. The summed E-state index contributed by atoms with van der Waals surface area (Å²) in [5, 5.41) is 8.59. The molecule has 3 amide bonds. The highest BCUT2D eigenvalue weighted by Crippen LogP contribution is 2.24. The zero-order chi connectivity index (χ0) is 20.8. The Morgan fingerprint density at radius 1 is 1.31 bits per heavy atom. The molecular weight excluding hydrogens is 412 g/mol. The smallest absolute Gasteiger partial charge is 0.231 e. The van der Waals surface area contributed by atoms with Crippen molar-refractivity contribution in [2.75, 3.05) is 18.4 Å². The van der Waals surface area contributed by atoms with Crippen molar-refractivity contribution in [2.24, 2.45) is 5.92 Å². The molecule has 1 aromatic carbocycles. The maximum atomic E-state index is 12.9. The topological polar surface area (TPSA) is 91.4 Å². The van der Waals surface area contributed by atoms with Crippen LogP contribution in [0.1, 0.15) is 37.8 Å². The number of carbonyl (C=O) groups is 3. The summed E-state index contributed by atoms with van der Waals surface area (Å²) in [5.74, 6) is -0.692. The average Bonchev–Trinajstić information content (AvgIpc) is 3.21. The summed E-state index contributed by atoms with van der Waals surface area (Å²) >= 11 is 7.30. The minimum absolute atomic E-state index is 0.0922. The first-order chi connectivity index (χ1) is 13.9. The summed E-state index contributed by atoms with van der Waals surface area (Å²) in [6, 6.07) is 6.63.